The van der Waals surface area contributed by atoms with Crippen LogP contribution >= 0.6 is 34.2 Å². The molecule has 3 nitrogen and oxygen atoms in total. The van der Waals surface area contributed by atoms with Crippen LogP contribution in [0.15, 0.2) is 12.3 Å². The van der Waals surface area contributed by atoms with E-state index in [4.69, 9.17) is 11.6 Å². The van der Waals surface area contributed by atoms with E-state index in [2.05, 4.69) is 32.7 Å². The lowest BCUT2D eigenvalue weighted by molar-refractivity contribution is 0.787. The number of pyridine rings is 1. The van der Waals surface area contributed by atoms with Crippen molar-refractivity contribution in [2.45, 2.75) is 0 Å². The van der Waals surface area contributed by atoms with Crippen molar-refractivity contribution in [1.82, 2.24) is 14.8 Å². The predicted molar refractivity (Wildman–Crippen MR) is 56.2 cm³/mol. The van der Waals surface area contributed by atoms with Crippen LogP contribution in [0, 0.1) is 3.70 Å². The summed E-state index contributed by atoms with van der Waals surface area (Å²) in [6.45, 7) is 0. The fourth-order valence-electron chi connectivity index (χ4n) is 1.12. The van der Waals surface area contributed by atoms with Gasteiger partial charge in [0.1, 0.15) is 8.85 Å². The average molecular weight is 293 g/mol. The molecule has 0 saturated carbocycles. The molecule has 0 spiro atoms. The molecule has 12 heavy (non-hydrogen) atoms. The van der Waals surface area contributed by atoms with Gasteiger partial charge in [0, 0.05) is 13.2 Å². The lowest BCUT2D eigenvalue weighted by atomic mass is 10.3. The topological polar surface area (TPSA) is 30.7 Å². The monoisotopic (exact) mass is 293 g/mol. The second-order valence-electron chi connectivity index (χ2n) is 2.41. The summed E-state index contributed by atoms with van der Waals surface area (Å²) in [6, 6.07) is 1.90. The van der Waals surface area contributed by atoms with Crippen molar-refractivity contribution in [3.63, 3.8) is 0 Å². The third kappa shape index (κ3) is 1.09. The number of aryl methyl sites for hydroxylation is 1. The Morgan fingerprint density at radius 2 is 2.33 bits per heavy atom. The SMILES string of the molecule is Cn1nc(I)c2c(Cl)nccc21. The van der Waals surface area contributed by atoms with E-state index in [9.17, 15) is 0 Å². The zero-order valence-electron chi connectivity index (χ0n) is 6.25. The van der Waals surface area contributed by atoms with Gasteiger partial charge >= 0.3 is 0 Å². The maximum atomic E-state index is 5.91. The molecule has 2 aromatic rings. The molecular formula is C7H5ClIN3. The largest absolute Gasteiger partial charge is 0.267 e. The highest BCUT2D eigenvalue weighted by Gasteiger charge is 2.09. The van der Waals surface area contributed by atoms with Gasteiger partial charge in [0.05, 0.1) is 10.9 Å². The maximum Gasteiger partial charge on any atom is 0.141 e. The van der Waals surface area contributed by atoms with Crippen LogP contribution in [0.5, 0.6) is 0 Å². The second-order valence-corrected chi connectivity index (χ2v) is 3.79. The molecule has 0 atom stereocenters. The number of hydrogen-bond donors (Lipinski definition) is 0. The number of fused-ring (bicyclic) bond motifs is 1. The van der Waals surface area contributed by atoms with Crippen molar-refractivity contribution in [2.75, 3.05) is 0 Å². The third-order valence-electron chi connectivity index (χ3n) is 1.68. The van der Waals surface area contributed by atoms with Gasteiger partial charge in [0.2, 0.25) is 0 Å². The lowest BCUT2D eigenvalue weighted by Crippen LogP contribution is -1.88. The average Bonchev–Trinajstić information content (AvgIpc) is 2.29. The van der Waals surface area contributed by atoms with E-state index in [0.717, 1.165) is 14.6 Å². The number of halogens is 2. The van der Waals surface area contributed by atoms with Gasteiger partial charge in [-0.3, -0.25) is 4.68 Å². The fraction of sp³-hybridized carbons (Fsp3) is 0.143. The molecular weight excluding hydrogens is 288 g/mol. The van der Waals surface area contributed by atoms with E-state index >= 15 is 0 Å². The summed E-state index contributed by atoms with van der Waals surface area (Å²) < 4.78 is 2.69. The lowest BCUT2D eigenvalue weighted by Gasteiger charge is -1.92. The van der Waals surface area contributed by atoms with Gasteiger partial charge in [-0.2, -0.15) is 5.10 Å². The van der Waals surface area contributed by atoms with E-state index in [1.807, 2.05) is 13.1 Å². The molecule has 0 aromatic carbocycles. The van der Waals surface area contributed by atoms with Crippen LogP contribution in [0.3, 0.4) is 0 Å². The van der Waals surface area contributed by atoms with Crippen LogP contribution in [0.4, 0.5) is 0 Å². The molecule has 62 valence electrons. The van der Waals surface area contributed by atoms with Gasteiger partial charge in [-0.1, -0.05) is 11.6 Å². The molecule has 2 heterocycles. The van der Waals surface area contributed by atoms with Crippen LogP contribution < -0.4 is 0 Å². The zero-order valence-corrected chi connectivity index (χ0v) is 9.17. The Labute approximate surface area is 87.9 Å². The molecule has 0 aliphatic carbocycles. The Kier molecular flexibility index (Phi) is 1.96. The zero-order chi connectivity index (χ0) is 8.72. The number of aromatic nitrogens is 3. The van der Waals surface area contributed by atoms with Crippen molar-refractivity contribution >= 4 is 45.1 Å². The first-order valence-corrected chi connectivity index (χ1v) is 4.78. The Bertz CT molecular complexity index is 437. The van der Waals surface area contributed by atoms with Crippen LogP contribution in [-0.4, -0.2) is 14.8 Å². The highest BCUT2D eigenvalue weighted by atomic mass is 127. The predicted octanol–water partition coefficient (Wildman–Crippen LogP) is 2.23. The highest BCUT2D eigenvalue weighted by Crippen LogP contribution is 2.24. The standard InChI is InChI=1S/C7H5ClIN3/c1-12-4-2-3-10-6(8)5(4)7(9)11-12/h2-3H,1H3. The molecule has 0 N–H and O–H groups in total. The summed E-state index contributed by atoms with van der Waals surface area (Å²) in [5, 5.41) is 5.68. The van der Waals surface area contributed by atoms with Gasteiger partial charge in [-0.15, -0.1) is 0 Å². The van der Waals surface area contributed by atoms with Crippen LogP contribution in [-0.2, 0) is 7.05 Å². The van der Waals surface area contributed by atoms with Gasteiger partial charge < -0.3 is 0 Å². The van der Waals surface area contributed by atoms with Gasteiger partial charge in [0.15, 0.2) is 0 Å². The Balaban J connectivity index is 2.99. The van der Waals surface area contributed by atoms with Crippen molar-refractivity contribution in [3.8, 4) is 0 Å². The molecule has 5 heteroatoms. The Morgan fingerprint density at radius 1 is 1.58 bits per heavy atom. The number of nitrogens with zero attached hydrogens (tertiary/aromatic N) is 3. The van der Waals surface area contributed by atoms with Crippen LogP contribution in [0.2, 0.25) is 5.15 Å². The summed E-state index contributed by atoms with van der Waals surface area (Å²) in [5.41, 5.74) is 1.01. The molecule has 0 aliphatic rings. The van der Waals surface area contributed by atoms with E-state index in [-0.39, 0.29) is 0 Å². The van der Waals surface area contributed by atoms with E-state index in [1.165, 1.54) is 0 Å². The van der Waals surface area contributed by atoms with Gasteiger partial charge in [-0.05, 0) is 28.7 Å². The van der Waals surface area contributed by atoms with E-state index in [0.29, 0.717) is 5.15 Å². The first-order valence-electron chi connectivity index (χ1n) is 3.33. The summed E-state index contributed by atoms with van der Waals surface area (Å²) >= 11 is 8.05. The quantitative estimate of drug-likeness (QED) is 0.551. The molecule has 2 aromatic heterocycles. The van der Waals surface area contributed by atoms with E-state index in [1.54, 1.807) is 10.9 Å². The Morgan fingerprint density at radius 3 is 3.00 bits per heavy atom. The Hall–Kier alpha value is -0.360. The maximum absolute atomic E-state index is 5.91. The second kappa shape index (κ2) is 2.85. The minimum Gasteiger partial charge on any atom is -0.267 e. The third-order valence-corrected chi connectivity index (χ3v) is 2.72. The highest BCUT2D eigenvalue weighted by molar-refractivity contribution is 14.1. The number of hydrogen-bond acceptors (Lipinski definition) is 2. The molecule has 0 amide bonds. The molecule has 0 bridgehead atoms. The molecule has 0 unspecified atom stereocenters. The summed E-state index contributed by atoms with van der Waals surface area (Å²) in [4.78, 5) is 3.99. The number of rotatable bonds is 0. The van der Waals surface area contributed by atoms with Crippen molar-refractivity contribution < 1.29 is 0 Å². The van der Waals surface area contributed by atoms with E-state index < -0.39 is 0 Å². The normalized spacial score (nSPS) is 10.9. The molecule has 0 fully saturated rings. The minimum atomic E-state index is 0.519. The van der Waals surface area contributed by atoms with Crippen LogP contribution in [0.1, 0.15) is 0 Å². The summed E-state index contributed by atoms with van der Waals surface area (Å²) in [7, 11) is 1.89. The first kappa shape index (κ1) is 8.25. The molecule has 2 rings (SSSR count). The minimum absolute atomic E-state index is 0.519. The van der Waals surface area contributed by atoms with Crippen molar-refractivity contribution in [1.29, 1.82) is 0 Å². The molecule has 0 aliphatic heterocycles. The summed E-state index contributed by atoms with van der Waals surface area (Å²) in [5.74, 6) is 0. The van der Waals surface area contributed by atoms with Crippen LogP contribution in [0.25, 0.3) is 10.9 Å². The van der Waals surface area contributed by atoms with Gasteiger partial charge in [0.25, 0.3) is 0 Å². The first-order chi connectivity index (χ1) is 5.70. The van der Waals surface area contributed by atoms with Crippen molar-refractivity contribution in [3.05, 3.63) is 21.1 Å². The molecule has 0 radical (unpaired) electrons. The fourth-order valence-corrected chi connectivity index (χ4v) is 2.38. The van der Waals surface area contributed by atoms with Crippen molar-refractivity contribution in [2.24, 2.45) is 7.05 Å². The summed E-state index contributed by atoms with van der Waals surface area (Å²) in [6.07, 6.45) is 1.68. The van der Waals surface area contributed by atoms with Gasteiger partial charge in [-0.25, -0.2) is 4.98 Å². The smallest absolute Gasteiger partial charge is 0.141 e. The molecule has 0 saturated heterocycles.